The number of aliphatic hydroxyl groups is 1. The van der Waals surface area contributed by atoms with Crippen molar-refractivity contribution in [2.45, 2.75) is 52.4 Å². The minimum absolute atomic E-state index is 0.0523. The highest BCUT2D eigenvalue weighted by atomic mass is 16.7. The van der Waals surface area contributed by atoms with Gasteiger partial charge in [-0.3, -0.25) is 0 Å². The SMILES string of the molecule is CNc1cc(CO)cc2nc(-c3cccc(B4OC(C)(C)C(C)(C)O4)c3C)oc12. The molecule has 0 saturated carbocycles. The van der Waals surface area contributed by atoms with Crippen LogP contribution in [0.25, 0.3) is 22.6 Å². The van der Waals surface area contributed by atoms with Crippen molar-refractivity contribution in [1.29, 1.82) is 0 Å². The second-order valence-corrected chi connectivity index (χ2v) is 8.53. The lowest BCUT2D eigenvalue weighted by Crippen LogP contribution is -2.41. The van der Waals surface area contributed by atoms with E-state index in [1.165, 1.54) is 0 Å². The molecule has 0 bridgehead atoms. The molecule has 4 rings (SSSR count). The molecule has 0 atom stereocenters. The molecule has 1 fully saturated rings. The van der Waals surface area contributed by atoms with Gasteiger partial charge in [0, 0.05) is 12.6 Å². The zero-order valence-electron chi connectivity index (χ0n) is 17.8. The molecule has 1 aromatic heterocycles. The first-order chi connectivity index (χ1) is 13.7. The molecule has 29 heavy (non-hydrogen) atoms. The molecule has 1 aliphatic heterocycles. The fourth-order valence-electron chi connectivity index (χ4n) is 3.59. The van der Waals surface area contributed by atoms with E-state index in [1.54, 1.807) is 0 Å². The van der Waals surface area contributed by atoms with E-state index in [2.05, 4.69) is 10.3 Å². The fraction of sp³-hybridized carbons (Fsp3) is 0.409. The Bertz CT molecular complexity index is 1060. The molecule has 7 heteroatoms. The Morgan fingerprint density at radius 3 is 2.41 bits per heavy atom. The van der Waals surface area contributed by atoms with Crippen LogP contribution in [0, 0.1) is 6.92 Å². The Balaban J connectivity index is 1.79. The zero-order chi connectivity index (χ0) is 21.0. The minimum Gasteiger partial charge on any atom is -0.434 e. The van der Waals surface area contributed by atoms with Gasteiger partial charge >= 0.3 is 7.12 Å². The lowest BCUT2D eigenvalue weighted by atomic mass is 9.75. The van der Waals surface area contributed by atoms with Gasteiger partial charge in [-0.05, 0) is 69.4 Å². The fourth-order valence-corrected chi connectivity index (χ4v) is 3.59. The predicted octanol–water partition coefficient (Wildman–Crippen LogP) is 3.64. The highest BCUT2D eigenvalue weighted by molar-refractivity contribution is 6.62. The number of nitrogens with one attached hydrogen (secondary N) is 1. The average Bonchev–Trinajstić information content (AvgIpc) is 3.18. The van der Waals surface area contributed by atoms with Crippen LogP contribution in [0.3, 0.4) is 0 Å². The molecule has 2 aromatic carbocycles. The smallest absolute Gasteiger partial charge is 0.434 e. The number of hydrogen-bond donors (Lipinski definition) is 2. The summed E-state index contributed by atoms with van der Waals surface area (Å²) in [4.78, 5) is 4.69. The highest BCUT2D eigenvalue weighted by Crippen LogP contribution is 2.37. The number of nitrogens with zero attached hydrogens (tertiary/aromatic N) is 1. The summed E-state index contributed by atoms with van der Waals surface area (Å²) in [5.41, 5.74) is 5.01. The number of fused-ring (bicyclic) bond motifs is 1. The van der Waals surface area contributed by atoms with Gasteiger partial charge in [0.05, 0.1) is 23.5 Å². The van der Waals surface area contributed by atoms with E-state index in [1.807, 2.05) is 72.0 Å². The summed E-state index contributed by atoms with van der Waals surface area (Å²) in [7, 11) is 1.38. The normalized spacial score (nSPS) is 17.8. The van der Waals surface area contributed by atoms with Crippen LogP contribution in [-0.4, -0.2) is 35.5 Å². The molecular formula is C22H27BN2O4. The van der Waals surface area contributed by atoms with E-state index < -0.39 is 18.3 Å². The summed E-state index contributed by atoms with van der Waals surface area (Å²) in [6.45, 7) is 10.2. The predicted molar refractivity (Wildman–Crippen MR) is 115 cm³/mol. The Hall–Kier alpha value is -2.35. The molecule has 0 unspecified atom stereocenters. The molecule has 1 aliphatic rings. The molecule has 0 radical (unpaired) electrons. The van der Waals surface area contributed by atoms with Crippen molar-refractivity contribution in [1.82, 2.24) is 4.98 Å². The van der Waals surface area contributed by atoms with E-state index >= 15 is 0 Å². The van der Waals surface area contributed by atoms with Crippen LogP contribution in [0.4, 0.5) is 5.69 Å². The number of aromatic nitrogens is 1. The van der Waals surface area contributed by atoms with Crippen molar-refractivity contribution >= 4 is 29.4 Å². The average molecular weight is 394 g/mol. The largest absolute Gasteiger partial charge is 0.495 e. The zero-order valence-corrected chi connectivity index (χ0v) is 17.8. The van der Waals surface area contributed by atoms with Crippen LogP contribution in [0.1, 0.15) is 38.8 Å². The molecule has 152 valence electrons. The van der Waals surface area contributed by atoms with E-state index in [-0.39, 0.29) is 6.61 Å². The monoisotopic (exact) mass is 394 g/mol. The van der Waals surface area contributed by atoms with E-state index in [0.29, 0.717) is 17.0 Å². The summed E-state index contributed by atoms with van der Waals surface area (Å²) >= 11 is 0. The Morgan fingerprint density at radius 1 is 1.10 bits per heavy atom. The number of benzene rings is 2. The standard InChI is InChI=1S/C22H27BN2O4/c1-13-15(8-7-9-16(13)23-28-21(2,3)22(4,5)29-23)20-25-18-11-14(12-26)10-17(24-6)19(18)27-20/h7-11,24,26H,12H2,1-6H3. The molecule has 0 amide bonds. The van der Waals surface area contributed by atoms with Crippen molar-refractivity contribution in [3.8, 4) is 11.5 Å². The first-order valence-corrected chi connectivity index (χ1v) is 9.84. The van der Waals surface area contributed by atoms with Gasteiger partial charge in [0.2, 0.25) is 5.89 Å². The van der Waals surface area contributed by atoms with Gasteiger partial charge in [0.25, 0.3) is 0 Å². The van der Waals surface area contributed by atoms with Crippen molar-refractivity contribution in [2.24, 2.45) is 0 Å². The molecule has 0 aliphatic carbocycles. The van der Waals surface area contributed by atoms with Crippen LogP contribution in [0.5, 0.6) is 0 Å². The Labute approximate surface area is 171 Å². The molecular weight excluding hydrogens is 367 g/mol. The van der Waals surface area contributed by atoms with Gasteiger partial charge in [-0.25, -0.2) is 4.98 Å². The molecule has 2 heterocycles. The van der Waals surface area contributed by atoms with Crippen LogP contribution in [-0.2, 0) is 15.9 Å². The van der Waals surface area contributed by atoms with Crippen LogP contribution < -0.4 is 10.8 Å². The summed E-state index contributed by atoms with van der Waals surface area (Å²) < 4.78 is 18.6. The van der Waals surface area contributed by atoms with Gasteiger partial charge in [-0.2, -0.15) is 0 Å². The summed E-state index contributed by atoms with van der Waals surface area (Å²) in [6, 6.07) is 9.69. The third-order valence-electron chi connectivity index (χ3n) is 6.12. The molecule has 0 spiro atoms. The van der Waals surface area contributed by atoms with Crippen molar-refractivity contribution in [3.05, 3.63) is 41.5 Å². The van der Waals surface area contributed by atoms with Crippen LogP contribution in [0.15, 0.2) is 34.7 Å². The van der Waals surface area contributed by atoms with Gasteiger partial charge < -0.3 is 24.1 Å². The van der Waals surface area contributed by atoms with E-state index in [9.17, 15) is 5.11 Å². The second kappa shape index (κ2) is 6.87. The van der Waals surface area contributed by atoms with Crippen molar-refractivity contribution < 1.29 is 18.8 Å². The topological polar surface area (TPSA) is 76.8 Å². The van der Waals surface area contributed by atoms with Crippen LogP contribution in [0.2, 0.25) is 0 Å². The third-order valence-corrected chi connectivity index (χ3v) is 6.12. The maximum absolute atomic E-state index is 9.51. The molecule has 1 saturated heterocycles. The number of oxazole rings is 1. The first-order valence-electron chi connectivity index (χ1n) is 9.84. The molecule has 3 aromatic rings. The quantitative estimate of drug-likeness (QED) is 0.658. The summed E-state index contributed by atoms with van der Waals surface area (Å²) in [6.07, 6.45) is 0. The maximum Gasteiger partial charge on any atom is 0.495 e. The lowest BCUT2D eigenvalue weighted by Gasteiger charge is -2.32. The number of rotatable bonds is 4. The minimum atomic E-state index is -0.446. The third kappa shape index (κ3) is 3.23. The summed E-state index contributed by atoms with van der Waals surface area (Å²) in [5.74, 6) is 0.530. The van der Waals surface area contributed by atoms with Crippen LogP contribution >= 0.6 is 0 Å². The van der Waals surface area contributed by atoms with Gasteiger partial charge in [0.15, 0.2) is 5.58 Å². The van der Waals surface area contributed by atoms with E-state index in [4.69, 9.17) is 13.7 Å². The van der Waals surface area contributed by atoms with Gasteiger partial charge in [-0.1, -0.05) is 12.1 Å². The van der Waals surface area contributed by atoms with Gasteiger partial charge in [-0.15, -0.1) is 0 Å². The summed E-state index contributed by atoms with van der Waals surface area (Å²) in [5, 5.41) is 12.6. The Kier molecular flexibility index (Phi) is 4.72. The maximum atomic E-state index is 9.51. The number of anilines is 1. The number of hydrogen-bond acceptors (Lipinski definition) is 6. The number of aliphatic hydroxyl groups excluding tert-OH is 1. The Morgan fingerprint density at radius 2 is 1.79 bits per heavy atom. The highest BCUT2D eigenvalue weighted by Gasteiger charge is 2.52. The molecule has 6 nitrogen and oxygen atoms in total. The van der Waals surface area contributed by atoms with E-state index in [0.717, 1.165) is 27.8 Å². The lowest BCUT2D eigenvalue weighted by molar-refractivity contribution is 0.00578. The van der Waals surface area contributed by atoms with Crippen molar-refractivity contribution in [3.63, 3.8) is 0 Å². The van der Waals surface area contributed by atoms with Crippen molar-refractivity contribution in [2.75, 3.05) is 12.4 Å². The van der Waals surface area contributed by atoms with Gasteiger partial charge in [0.1, 0.15) is 5.52 Å². The second-order valence-electron chi connectivity index (χ2n) is 8.53. The first kappa shape index (κ1) is 19.9. The molecule has 2 N–H and O–H groups in total.